The minimum Gasteiger partial charge on any atom is -0.338 e. The molecule has 0 atom stereocenters. The third-order valence-electron chi connectivity index (χ3n) is 4.29. The van der Waals surface area contributed by atoms with E-state index < -0.39 is 0 Å². The lowest BCUT2D eigenvalue weighted by atomic mass is 10.2. The smallest absolute Gasteiger partial charge is 0.241 e. The Labute approximate surface area is 167 Å². The van der Waals surface area contributed by atoms with Gasteiger partial charge in [0.2, 0.25) is 11.7 Å². The Morgan fingerprint density at radius 2 is 1.93 bits per heavy atom. The molecule has 4 aromatic rings. The summed E-state index contributed by atoms with van der Waals surface area (Å²) in [6, 6.07) is 11.6. The number of halogens is 1. The van der Waals surface area contributed by atoms with E-state index in [1.165, 1.54) is 0 Å². The predicted octanol–water partition coefficient (Wildman–Crippen LogP) is 3.68. The fourth-order valence-corrected chi connectivity index (χ4v) is 3.12. The average molecular weight is 395 g/mol. The van der Waals surface area contributed by atoms with Gasteiger partial charge in [0, 0.05) is 55.0 Å². The molecule has 0 saturated heterocycles. The van der Waals surface area contributed by atoms with E-state index in [-0.39, 0.29) is 0 Å². The second-order valence-corrected chi connectivity index (χ2v) is 6.83. The monoisotopic (exact) mass is 394 g/mol. The van der Waals surface area contributed by atoms with Crippen LogP contribution < -0.4 is 0 Å². The van der Waals surface area contributed by atoms with E-state index in [9.17, 15) is 0 Å². The Morgan fingerprint density at radius 1 is 1.04 bits per heavy atom. The normalized spacial score (nSPS) is 11.2. The van der Waals surface area contributed by atoms with Crippen molar-refractivity contribution >= 4 is 11.6 Å². The van der Waals surface area contributed by atoms with Crippen LogP contribution in [0.25, 0.3) is 11.4 Å². The van der Waals surface area contributed by atoms with Gasteiger partial charge in [0.25, 0.3) is 0 Å². The third kappa shape index (κ3) is 4.82. The summed E-state index contributed by atoms with van der Waals surface area (Å²) in [7, 11) is 0. The van der Waals surface area contributed by atoms with E-state index in [4.69, 9.17) is 16.1 Å². The first-order valence-corrected chi connectivity index (χ1v) is 9.29. The molecule has 0 fully saturated rings. The molecule has 0 saturated carbocycles. The van der Waals surface area contributed by atoms with Crippen molar-refractivity contribution in [3.8, 4) is 11.4 Å². The first-order chi connectivity index (χ1) is 13.8. The van der Waals surface area contributed by atoms with Crippen molar-refractivity contribution in [1.29, 1.82) is 0 Å². The SMILES string of the molecule is Clc1cccc(CN(CCn2ccnc2)Cc2nc(-c3ccncc3)no2)c1. The minimum atomic E-state index is 0.541. The number of benzene rings is 1. The number of aromatic nitrogens is 5. The lowest BCUT2D eigenvalue weighted by Crippen LogP contribution is -2.26. The molecule has 1 aromatic carbocycles. The Morgan fingerprint density at radius 3 is 2.71 bits per heavy atom. The molecule has 0 radical (unpaired) electrons. The molecule has 3 heterocycles. The summed E-state index contributed by atoms with van der Waals surface area (Å²) in [6.45, 7) is 2.88. The van der Waals surface area contributed by atoms with Crippen LogP contribution in [0.5, 0.6) is 0 Å². The standard InChI is InChI=1S/C20H19ClN6O/c21-18-3-1-2-16(12-18)13-27(11-10-26-9-8-23-15-26)14-19-24-20(25-28-19)17-4-6-22-7-5-17/h1-9,12,15H,10-11,13-14H2. The Kier molecular flexibility index (Phi) is 5.75. The molecule has 3 aromatic heterocycles. The van der Waals surface area contributed by atoms with E-state index >= 15 is 0 Å². The summed E-state index contributed by atoms with van der Waals surface area (Å²) in [5.41, 5.74) is 2.01. The molecule has 7 nitrogen and oxygen atoms in total. The Bertz CT molecular complexity index is 1000. The zero-order chi connectivity index (χ0) is 19.2. The quantitative estimate of drug-likeness (QED) is 0.454. The molecule has 0 aliphatic heterocycles. The first-order valence-electron chi connectivity index (χ1n) is 8.92. The van der Waals surface area contributed by atoms with Crippen LogP contribution in [0, 0.1) is 0 Å². The Balaban J connectivity index is 1.48. The van der Waals surface area contributed by atoms with Crippen molar-refractivity contribution in [3.05, 3.63) is 84.0 Å². The fourth-order valence-electron chi connectivity index (χ4n) is 2.91. The highest BCUT2D eigenvalue weighted by molar-refractivity contribution is 6.30. The van der Waals surface area contributed by atoms with Crippen LogP contribution >= 0.6 is 11.6 Å². The molecule has 0 aliphatic carbocycles. The lowest BCUT2D eigenvalue weighted by molar-refractivity contribution is 0.211. The summed E-state index contributed by atoms with van der Waals surface area (Å²) < 4.78 is 7.52. The van der Waals surface area contributed by atoms with Gasteiger partial charge in [0.05, 0.1) is 12.9 Å². The first kappa shape index (κ1) is 18.3. The number of imidazole rings is 1. The van der Waals surface area contributed by atoms with E-state index in [1.807, 2.05) is 47.4 Å². The van der Waals surface area contributed by atoms with Crippen molar-refractivity contribution in [1.82, 2.24) is 29.6 Å². The maximum Gasteiger partial charge on any atom is 0.241 e. The highest BCUT2D eigenvalue weighted by Gasteiger charge is 2.14. The van der Waals surface area contributed by atoms with Gasteiger partial charge in [0.1, 0.15) is 0 Å². The van der Waals surface area contributed by atoms with Gasteiger partial charge in [-0.2, -0.15) is 4.98 Å². The topological polar surface area (TPSA) is 72.9 Å². The van der Waals surface area contributed by atoms with Gasteiger partial charge in [-0.15, -0.1) is 0 Å². The minimum absolute atomic E-state index is 0.541. The Hall–Kier alpha value is -3.03. The van der Waals surface area contributed by atoms with Crippen LogP contribution in [0.4, 0.5) is 0 Å². The molecular weight excluding hydrogens is 376 g/mol. The molecule has 0 aliphatic rings. The fraction of sp³-hybridized carbons (Fsp3) is 0.200. The van der Waals surface area contributed by atoms with Crippen LogP contribution in [0.1, 0.15) is 11.5 Å². The largest absolute Gasteiger partial charge is 0.338 e. The number of pyridine rings is 1. The van der Waals surface area contributed by atoms with Gasteiger partial charge < -0.3 is 9.09 Å². The van der Waals surface area contributed by atoms with Gasteiger partial charge >= 0.3 is 0 Å². The summed E-state index contributed by atoms with van der Waals surface area (Å²) in [5, 5.41) is 4.82. The summed E-state index contributed by atoms with van der Waals surface area (Å²) in [4.78, 5) is 14.9. The molecule has 0 N–H and O–H groups in total. The van der Waals surface area contributed by atoms with Crippen LogP contribution in [0.15, 0.2) is 72.0 Å². The molecule has 28 heavy (non-hydrogen) atoms. The van der Waals surface area contributed by atoms with E-state index in [0.29, 0.717) is 18.3 Å². The number of hydrogen-bond donors (Lipinski definition) is 0. The molecule has 0 bridgehead atoms. The predicted molar refractivity (Wildman–Crippen MR) is 105 cm³/mol. The number of hydrogen-bond acceptors (Lipinski definition) is 6. The van der Waals surface area contributed by atoms with Crippen LogP contribution in [-0.2, 0) is 19.6 Å². The maximum atomic E-state index is 6.14. The summed E-state index contributed by atoms with van der Waals surface area (Å²) in [5.74, 6) is 1.13. The highest BCUT2D eigenvalue weighted by atomic mass is 35.5. The van der Waals surface area contributed by atoms with Gasteiger partial charge in [-0.25, -0.2) is 4.98 Å². The summed E-state index contributed by atoms with van der Waals surface area (Å²) in [6.07, 6.45) is 8.96. The molecule has 0 spiro atoms. The molecule has 4 rings (SSSR count). The third-order valence-corrected chi connectivity index (χ3v) is 4.53. The second-order valence-electron chi connectivity index (χ2n) is 6.39. The van der Waals surface area contributed by atoms with Crippen molar-refractivity contribution in [2.24, 2.45) is 0 Å². The highest BCUT2D eigenvalue weighted by Crippen LogP contribution is 2.17. The lowest BCUT2D eigenvalue weighted by Gasteiger charge is -2.21. The van der Waals surface area contributed by atoms with Crippen molar-refractivity contribution < 1.29 is 4.52 Å². The molecule has 8 heteroatoms. The van der Waals surface area contributed by atoms with Gasteiger partial charge in [-0.05, 0) is 29.8 Å². The summed E-state index contributed by atoms with van der Waals surface area (Å²) >= 11 is 6.14. The second kappa shape index (κ2) is 8.77. The van der Waals surface area contributed by atoms with Gasteiger partial charge in [0.15, 0.2) is 0 Å². The molecular formula is C20H19ClN6O. The van der Waals surface area contributed by atoms with Crippen molar-refractivity contribution in [3.63, 3.8) is 0 Å². The van der Waals surface area contributed by atoms with Gasteiger partial charge in [-0.1, -0.05) is 28.9 Å². The van der Waals surface area contributed by atoms with Gasteiger partial charge in [-0.3, -0.25) is 9.88 Å². The number of rotatable bonds is 8. The van der Waals surface area contributed by atoms with E-state index in [1.54, 1.807) is 18.6 Å². The van der Waals surface area contributed by atoms with Crippen molar-refractivity contribution in [2.45, 2.75) is 19.6 Å². The van der Waals surface area contributed by atoms with Crippen LogP contribution in [0.3, 0.4) is 0 Å². The average Bonchev–Trinajstić information content (AvgIpc) is 3.39. The zero-order valence-electron chi connectivity index (χ0n) is 15.1. The molecule has 0 amide bonds. The number of nitrogens with zero attached hydrogens (tertiary/aromatic N) is 6. The molecule has 0 unspecified atom stereocenters. The van der Waals surface area contributed by atoms with E-state index in [0.717, 1.165) is 35.8 Å². The van der Waals surface area contributed by atoms with E-state index in [2.05, 4.69) is 31.1 Å². The maximum absolute atomic E-state index is 6.14. The van der Waals surface area contributed by atoms with Crippen molar-refractivity contribution in [2.75, 3.05) is 6.54 Å². The molecule has 142 valence electrons. The van der Waals surface area contributed by atoms with Crippen LogP contribution in [-0.4, -0.2) is 36.1 Å². The van der Waals surface area contributed by atoms with Crippen LogP contribution in [0.2, 0.25) is 5.02 Å². The zero-order valence-corrected chi connectivity index (χ0v) is 15.9.